The molecular weight excluding hydrogens is 230 g/mol. The van der Waals surface area contributed by atoms with Crippen molar-refractivity contribution in [3.8, 4) is 0 Å². The number of nitrogen functional groups attached to an aromatic ring is 1. The summed E-state index contributed by atoms with van der Waals surface area (Å²) in [4.78, 5) is 0. The van der Waals surface area contributed by atoms with E-state index in [-0.39, 0.29) is 12.3 Å². The third kappa shape index (κ3) is 1.87. The number of aryl methyl sites for hydroxylation is 2. The monoisotopic (exact) mass is 243 g/mol. The summed E-state index contributed by atoms with van der Waals surface area (Å²) in [5, 5.41) is 11.6. The third-order valence-corrected chi connectivity index (χ3v) is 3.25. The normalized spacial score (nSPS) is 12.4. The highest BCUT2D eigenvalue weighted by molar-refractivity contribution is 7.90. The zero-order valence-electron chi connectivity index (χ0n) is 9.06. The first-order chi connectivity index (χ1) is 7.38. The van der Waals surface area contributed by atoms with Crippen LogP contribution in [0.2, 0.25) is 0 Å². The van der Waals surface area contributed by atoms with Gasteiger partial charge in [0.2, 0.25) is 0 Å². The smallest absolute Gasteiger partial charge is 0.182 e. The molecule has 0 radical (unpaired) electrons. The average molecular weight is 243 g/mol. The Balaban J connectivity index is 2.39. The van der Waals surface area contributed by atoms with Gasteiger partial charge in [0.1, 0.15) is 15.7 Å². The Morgan fingerprint density at radius 1 is 1.50 bits per heavy atom. The molecule has 0 amide bonds. The fourth-order valence-corrected chi connectivity index (χ4v) is 2.08. The highest BCUT2D eigenvalue weighted by Gasteiger charge is 2.14. The standard InChI is InChI=1S/C8H13N5O2S/c1-5-6-7(9)10-11-8(6)13(12-5)3-4-16(2,14)15/h3-4H2,1-2H3,(H3,9,10,11). The van der Waals surface area contributed by atoms with Crippen LogP contribution in [0.25, 0.3) is 11.0 Å². The summed E-state index contributed by atoms with van der Waals surface area (Å²) in [7, 11) is -3.00. The minimum Gasteiger partial charge on any atom is -0.383 e. The van der Waals surface area contributed by atoms with Crippen LogP contribution in [0.1, 0.15) is 5.69 Å². The van der Waals surface area contributed by atoms with Gasteiger partial charge in [0, 0.05) is 6.26 Å². The highest BCUT2D eigenvalue weighted by Crippen LogP contribution is 2.21. The van der Waals surface area contributed by atoms with E-state index in [9.17, 15) is 8.42 Å². The zero-order valence-corrected chi connectivity index (χ0v) is 9.87. The first-order valence-electron chi connectivity index (χ1n) is 4.73. The number of hydrogen-bond donors (Lipinski definition) is 2. The molecule has 2 aromatic heterocycles. The van der Waals surface area contributed by atoms with Crippen molar-refractivity contribution in [1.29, 1.82) is 0 Å². The van der Waals surface area contributed by atoms with Gasteiger partial charge < -0.3 is 5.73 Å². The van der Waals surface area contributed by atoms with E-state index in [1.54, 1.807) is 4.68 Å². The van der Waals surface area contributed by atoms with Crippen LogP contribution in [0.4, 0.5) is 5.82 Å². The number of aromatic amines is 1. The van der Waals surface area contributed by atoms with E-state index >= 15 is 0 Å². The summed E-state index contributed by atoms with van der Waals surface area (Å²) < 4.78 is 23.7. The molecule has 0 aliphatic rings. The summed E-state index contributed by atoms with van der Waals surface area (Å²) in [5.74, 6) is 0.494. The van der Waals surface area contributed by atoms with E-state index in [0.717, 1.165) is 11.1 Å². The van der Waals surface area contributed by atoms with Gasteiger partial charge in [-0.15, -0.1) is 0 Å². The van der Waals surface area contributed by atoms with Gasteiger partial charge in [-0.1, -0.05) is 0 Å². The molecule has 2 aromatic rings. The first kappa shape index (κ1) is 10.9. The molecule has 0 fully saturated rings. The van der Waals surface area contributed by atoms with Crippen LogP contribution in [-0.2, 0) is 16.4 Å². The predicted molar refractivity (Wildman–Crippen MR) is 60.7 cm³/mol. The van der Waals surface area contributed by atoms with Crippen molar-refractivity contribution in [3.05, 3.63) is 5.69 Å². The van der Waals surface area contributed by atoms with E-state index in [1.165, 1.54) is 6.26 Å². The lowest BCUT2D eigenvalue weighted by atomic mass is 10.3. The van der Waals surface area contributed by atoms with E-state index in [0.29, 0.717) is 11.5 Å². The minimum absolute atomic E-state index is 0.0377. The number of anilines is 1. The molecule has 3 N–H and O–H groups in total. The van der Waals surface area contributed by atoms with Gasteiger partial charge in [0.05, 0.1) is 23.4 Å². The number of nitrogens with two attached hydrogens (primary N) is 1. The molecule has 2 rings (SSSR count). The van der Waals surface area contributed by atoms with Gasteiger partial charge in [-0.2, -0.15) is 10.2 Å². The lowest BCUT2D eigenvalue weighted by Gasteiger charge is -1.99. The number of rotatable bonds is 3. The van der Waals surface area contributed by atoms with Crippen LogP contribution in [0.3, 0.4) is 0 Å². The Kier molecular flexibility index (Phi) is 2.38. The number of sulfone groups is 1. The van der Waals surface area contributed by atoms with Crippen LogP contribution < -0.4 is 5.73 Å². The van der Waals surface area contributed by atoms with Crippen molar-refractivity contribution < 1.29 is 8.42 Å². The summed E-state index contributed by atoms with van der Waals surface area (Å²) in [6.07, 6.45) is 1.19. The van der Waals surface area contributed by atoms with E-state index < -0.39 is 9.84 Å². The summed E-state index contributed by atoms with van der Waals surface area (Å²) in [5.41, 5.74) is 7.02. The molecule has 0 saturated heterocycles. The second-order valence-electron chi connectivity index (χ2n) is 3.77. The Labute approximate surface area is 92.5 Å². The van der Waals surface area contributed by atoms with Gasteiger partial charge in [0.25, 0.3) is 0 Å². The van der Waals surface area contributed by atoms with Crippen molar-refractivity contribution in [2.24, 2.45) is 0 Å². The Morgan fingerprint density at radius 2 is 2.19 bits per heavy atom. The van der Waals surface area contributed by atoms with Crippen LogP contribution in [-0.4, -0.2) is 40.4 Å². The quantitative estimate of drug-likeness (QED) is 0.769. The number of hydrogen-bond acceptors (Lipinski definition) is 5. The van der Waals surface area contributed by atoms with E-state index in [2.05, 4.69) is 15.3 Å². The van der Waals surface area contributed by atoms with Gasteiger partial charge in [-0.25, -0.2) is 13.1 Å². The molecule has 0 unspecified atom stereocenters. The van der Waals surface area contributed by atoms with Gasteiger partial charge >= 0.3 is 0 Å². The predicted octanol–water partition coefficient (Wildman–Crippen LogP) is -0.305. The topological polar surface area (TPSA) is 107 Å². The summed E-state index contributed by atoms with van der Waals surface area (Å²) in [6.45, 7) is 2.10. The molecular formula is C8H13N5O2S. The average Bonchev–Trinajstić information content (AvgIpc) is 2.66. The molecule has 0 atom stereocenters. The molecule has 2 heterocycles. The summed E-state index contributed by atoms with van der Waals surface area (Å²) in [6, 6.07) is 0. The van der Waals surface area contributed by atoms with E-state index in [1.807, 2.05) is 6.92 Å². The van der Waals surface area contributed by atoms with Gasteiger partial charge in [-0.3, -0.25) is 5.10 Å². The molecule has 88 valence electrons. The molecule has 0 bridgehead atoms. The molecule has 0 spiro atoms. The Bertz CT molecular complexity index is 624. The van der Waals surface area contributed by atoms with Crippen LogP contribution >= 0.6 is 0 Å². The van der Waals surface area contributed by atoms with Crippen LogP contribution in [0.5, 0.6) is 0 Å². The lowest BCUT2D eigenvalue weighted by Crippen LogP contribution is -2.12. The number of nitrogens with zero attached hydrogens (tertiary/aromatic N) is 3. The maximum Gasteiger partial charge on any atom is 0.182 e. The fraction of sp³-hybridized carbons (Fsp3) is 0.500. The molecule has 8 heteroatoms. The van der Waals surface area contributed by atoms with Gasteiger partial charge in [-0.05, 0) is 6.92 Å². The Hall–Kier alpha value is -1.57. The van der Waals surface area contributed by atoms with Crippen molar-refractivity contribution in [1.82, 2.24) is 20.0 Å². The van der Waals surface area contributed by atoms with Crippen molar-refractivity contribution in [3.63, 3.8) is 0 Å². The molecule has 7 nitrogen and oxygen atoms in total. The Morgan fingerprint density at radius 3 is 2.81 bits per heavy atom. The largest absolute Gasteiger partial charge is 0.383 e. The highest BCUT2D eigenvalue weighted by atomic mass is 32.2. The van der Waals surface area contributed by atoms with Gasteiger partial charge in [0.15, 0.2) is 5.65 Å². The SMILES string of the molecule is Cc1nn(CCS(C)(=O)=O)c2n[nH]c(N)c12. The number of H-pyrrole nitrogens is 1. The number of aromatic nitrogens is 4. The number of fused-ring (bicyclic) bond motifs is 1. The molecule has 16 heavy (non-hydrogen) atoms. The second-order valence-corrected chi connectivity index (χ2v) is 6.03. The van der Waals surface area contributed by atoms with E-state index in [4.69, 9.17) is 5.73 Å². The van der Waals surface area contributed by atoms with Crippen molar-refractivity contribution in [2.75, 3.05) is 17.7 Å². The lowest BCUT2D eigenvalue weighted by molar-refractivity contribution is 0.587. The summed E-state index contributed by atoms with van der Waals surface area (Å²) >= 11 is 0. The van der Waals surface area contributed by atoms with Crippen LogP contribution in [0, 0.1) is 6.92 Å². The number of nitrogens with one attached hydrogen (secondary N) is 1. The molecule has 0 aliphatic heterocycles. The van der Waals surface area contributed by atoms with Crippen molar-refractivity contribution in [2.45, 2.75) is 13.5 Å². The molecule has 0 aromatic carbocycles. The van der Waals surface area contributed by atoms with Crippen molar-refractivity contribution >= 4 is 26.7 Å². The second kappa shape index (κ2) is 3.48. The third-order valence-electron chi connectivity index (χ3n) is 2.33. The maximum absolute atomic E-state index is 11.1. The zero-order chi connectivity index (χ0) is 11.9. The maximum atomic E-state index is 11.1. The first-order valence-corrected chi connectivity index (χ1v) is 6.79. The fourth-order valence-electron chi connectivity index (χ4n) is 1.58. The molecule has 0 saturated carbocycles. The van der Waals surface area contributed by atoms with Crippen LogP contribution in [0.15, 0.2) is 0 Å². The minimum atomic E-state index is -3.00. The molecule has 0 aliphatic carbocycles.